The summed E-state index contributed by atoms with van der Waals surface area (Å²) in [6.07, 6.45) is 3.09. The Kier molecular flexibility index (Phi) is 4.66. The van der Waals surface area contributed by atoms with E-state index in [4.69, 9.17) is 4.74 Å². The molecule has 1 amide bonds. The van der Waals surface area contributed by atoms with Crippen LogP contribution in [0.2, 0.25) is 0 Å². The van der Waals surface area contributed by atoms with Crippen molar-refractivity contribution in [2.24, 2.45) is 0 Å². The van der Waals surface area contributed by atoms with E-state index in [-0.39, 0.29) is 11.9 Å². The Morgan fingerprint density at radius 1 is 1.00 bits per heavy atom. The number of esters is 1. The van der Waals surface area contributed by atoms with Gasteiger partial charge >= 0.3 is 5.97 Å². The van der Waals surface area contributed by atoms with Crippen LogP contribution in [0.5, 0.6) is 0 Å². The first kappa shape index (κ1) is 17.3. The Morgan fingerprint density at radius 3 is 2.08 bits per heavy atom. The number of methoxy groups -OCH3 is 1. The molecule has 25 heavy (non-hydrogen) atoms. The quantitative estimate of drug-likeness (QED) is 0.869. The maximum atomic E-state index is 12.6. The lowest BCUT2D eigenvalue weighted by atomic mass is 9.97. The van der Waals surface area contributed by atoms with E-state index in [1.54, 1.807) is 12.1 Å². The fourth-order valence-corrected chi connectivity index (χ4v) is 3.68. The number of ether oxygens (including phenoxy) is 1. The summed E-state index contributed by atoms with van der Waals surface area (Å²) < 4.78 is 7.05. The summed E-state index contributed by atoms with van der Waals surface area (Å²) in [7, 11) is 1.37. The van der Waals surface area contributed by atoms with Gasteiger partial charge in [0.1, 0.15) is 5.54 Å². The molecule has 132 valence electrons. The van der Waals surface area contributed by atoms with E-state index >= 15 is 0 Å². The first-order valence-corrected chi connectivity index (χ1v) is 8.63. The van der Waals surface area contributed by atoms with Gasteiger partial charge in [-0.1, -0.05) is 12.8 Å². The van der Waals surface area contributed by atoms with Crippen LogP contribution in [-0.2, 0) is 9.53 Å². The van der Waals surface area contributed by atoms with Gasteiger partial charge in [-0.3, -0.25) is 4.79 Å². The first-order valence-electron chi connectivity index (χ1n) is 8.63. The molecule has 1 heterocycles. The van der Waals surface area contributed by atoms with Crippen LogP contribution in [0.25, 0.3) is 5.69 Å². The Balaban J connectivity index is 1.80. The van der Waals surface area contributed by atoms with Crippen molar-refractivity contribution in [3.8, 4) is 5.69 Å². The summed E-state index contributed by atoms with van der Waals surface area (Å²) in [5, 5.41) is 2.92. The minimum absolute atomic E-state index is 0.236. The van der Waals surface area contributed by atoms with Crippen molar-refractivity contribution >= 4 is 11.9 Å². The van der Waals surface area contributed by atoms with Crippen LogP contribution in [0.4, 0.5) is 0 Å². The summed E-state index contributed by atoms with van der Waals surface area (Å²) in [5.74, 6) is -0.589. The van der Waals surface area contributed by atoms with Crippen molar-refractivity contribution in [1.82, 2.24) is 9.88 Å². The van der Waals surface area contributed by atoms with E-state index in [9.17, 15) is 9.59 Å². The number of aromatic nitrogens is 1. The second-order valence-corrected chi connectivity index (χ2v) is 6.73. The van der Waals surface area contributed by atoms with Gasteiger partial charge in [0.25, 0.3) is 5.91 Å². The second kappa shape index (κ2) is 6.75. The highest BCUT2D eigenvalue weighted by molar-refractivity contribution is 5.98. The van der Waals surface area contributed by atoms with Gasteiger partial charge in [-0.05, 0) is 63.1 Å². The van der Waals surface area contributed by atoms with Gasteiger partial charge in [-0.25, -0.2) is 4.79 Å². The van der Waals surface area contributed by atoms with Crippen LogP contribution in [-0.4, -0.2) is 29.1 Å². The zero-order valence-corrected chi connectivity index (χ0v) is 15.0. The fraction of sp³-hybridized carbons (Fsp3) is 0.400. The maximum Gasteiger partial charge on any atom is 0.331 e. The van der Waals surface area contributed by atoms with Gasteiger partial charge in [0.05, 0.1) is 7.11 Å². The molecule has 0 aliphatic heterocycles. The van der Waals surface area contributed by atoms with Crippen LogP contribution < -0.4 is 5.32 Å². The molecule has 1 N–H and O–H groups in total. The number of benzene rings is 1. The lowest BCUT2D eigenvalue weighted by molar-refractivity contribution is -0.148. The number of nitrogens with zero attached hydrogens (tertiary/aromatic N) is 1. The number of nitrogens with one attached hydrogen (secondary N) is 1. The average molecular weight is 340 g/mol. The predicted octanol–water partition coefficient (Wildman–Crippen LogP) is 3.31. The summed E-state index contributed by atoms with van der Waals surface area (Å²) in [4.78, 5) is 24.8. The highest BCUT2D eigenvalue weighted by Gasteiger charge is 2.43. The Labute approximate surface area is 148 Å². The fourth-order valence-electron chi connectivity index (χ4n) is 3.68. The van der Waals surface area contributed by atoms with Crippen LogP contribution in [0.1, 0.15) is 47.4 Å². The standard InChI is InChI=1S/C20H24N2O3/c1-14-6-7-15(2)22(14)17-10-8-16(9-11-17)18(23)21-20(19(24)25-3)12-4-5-13-20/h6-11H,4-5,12-13H2,1-3H3,(H,21,23). The monoisotopic (exact) mass is 340 g/mol. The van der Waals surface area contributed by atoms with Crippen molar-refractivity contribution in [1.29, 1.82) is 0 Å². The molecule has 1 aromatic heterocycles. The number of amides is 1. The molecular formula is C20H24N2O3. The van der Waals surface area contributed by atoms with Gasteiger partial charge in [0, 0.05) is 22.6 Å². The van der Waals surface area contributed by atoms with Crippen molar-refractivity contribution in [2.75, 3.05) is 7.11 Å². The first-order chi connectivity index (χ1) is 12.0. The van der Waals surface area contributed by atoms with Gasteiger partial charge in [0.15, 0.2) is 0 Å². The normalized spacial score (nSPS) is 15.8. The Morgan fingerprint density at radius 2 is 1.56 bits per heavy atom. The molecule has 1 aliphatic rings. The highest BCUT2D eigenvalue weighted by Crippen LogP contribution is 2.31. The van der Waals surface area contributed by atoms with Crippen LogP contribution >= 0.6 is 0 Å². The van der Waals surface area contributed by atoms with Gasteiger partial charge in [0.2, 0.25) is 0 Å². The molecule has 1 saturated carbocycles. The number of hydrogen-bond donors (Lipinski definition) is 1. The van der Waals surface area contributed by atoms with Crippen LogP contribution in [0.3, 0.4) is 0 Å². The molecule has 1 aromatic carbocycles. The lowest BCUT2D eigenvalue weighted by Crippen LogP contribution is -2.53. The molecule has 0 spiro atoms. The SMILES string of the molecule is COC(=O)C1(NC(=O)c2ccc(-n3c(C)ccc3C)cc2)CCCC1. The van der Waals surface area contributed by atoms with E-state index in [1.807, 2.05) is 26.0 Å². The molecule has 0 atom stereocenters. The largest absolute Gasteiger partial charge is 0.467 e. The van der Waals surface area contributed by atoms with Crippen molar-refractivity contribution in [2.45, 2.75) is 45.1 Å². The predicted molar refractivity (Wildman–Crippen MR) is 95.9 cm³/mol. The molecule has 0 saturated heterocycles. The van der Waals surface area contributed by atoms with Gasteiger partial charge in [-0.15, -0.1) is 0 Å². The maximum absolute atomic E-state index is 12.6. The average Bonchev–Trinajstić information content (AvgIpc) is 3.22. The lowest BCUT2D eigenvalue weighted by Gasteiger charge is -2.27. The third kappa shape index (κ3) is 3.18. The summed E-state index contributed by atoms with van der Waals surface area (Å²) >= 11 is 0. The van der Waals surface area contributed by atoms with Crippen molar-refractivity contribution in [3.63, 3.8) is 0 Å². The smallest absolute Gasteiger partial charge is 0.331 e. The number of hydrogen-bond acceptors (Lipinski definition) is 3. The van der Waals surface area contributed by atoms with Crippen LogP contribution in [0, 0.1) is 13.8 Å². The van der Waals surface area contributed by atoms with E-state index in [1.165, 1.54) is 7.11 Å². The van der Waals surface area contributed by atoms with Crippen LogP contribution in [0.15, 0.2) is 36.4 Å². The summed E-state index contributed by atoms with van der Waals surface area (Å²) in [6, 6.07) is 11.6. The molecule has 5 heteroatoms. The molecule has 3 rings (SSSR count). The van der Waals surface area contributed by atoms with E-state index < -0.39 is 5.54 Å². The van der Waals surface area contributed by atoms with E-state index in [0.717, 1.165) is 29.9 Å². The molecule has 0 radical (unpaired) electrons. The van der Waals surface area contributed by atoms with Gasteiger partial charge < -0.3 is 14.6 Å². The van der Waals surface area contributed by atoms with Crippen molar-refractivity contribution < 1.29 is 14.3 Å². The van der Waals surface area contributed by atoms with E-state index in [0.29, 0.717) is 18.4 Å². The third-order valence-corrected chi connectivity index (χ3v) is 5.04. The zero-order valence-electron chi connectivity index (χ0n) is 15.0. The number of rotatable bonds is 4. The summed E-state index contributed by atoms with van der Waals surface area (Å²) in [5.41, 5.74) is 2.97. The molecule has 5 nitrogen and oxygen atoms in total. The van der Waals surface area contributed by atoms with Crippen molar-refractivity contribution in [3.05, 3.63) is 53.3 Å². The molecule has 1 aliphatic carbocycles. The molecule has 2 aromatic rings. The Hall–Kier alpha value is -2.56. The Bertz CT molecular complexity index is 764. The summed E-state index contributed by atoms with van der Waals surface area (Å²) in [6.45, 7) is 4.10. The zero-order chi connectivity index (χ0) is 18.0. The number of aryl methyl sites for hydroxylation is 2. The van der Waals surface area contributed by atoms with Gasteiger partial charge in [-0.2, -0.15) is 0 Å². The molecular weight excluding hydrogens is 316 g/mol. The minimum atomic E-state index is -0.877. The number of carbonyl (C=O) groups excluding carboxylic acids is 2. The second-order valence-electron chi connectivity index (χ2n) is 6.73. The molecule has 1 fully saturated rings. The minimum Gasteiger partial charge on any atom is -0.467 e. The van der Waals surface area contributed by atoms with E-state index in [2.05, 4.69) is 22.0 Å². The number of carbonyl (C=O) groups is 2. The molecule has 0 unspecified atom stereocenters. The molecule has 0 bridgehead atoms. The highest BCUT2D eigenvalue weighted by atomic mass is 16.5. The topological polar surface area (TPSA) is 60.3 Å². The third-order valence-electron chi connectivity index (χ3n) is 5.04.